The van der Waals surface area contributed by atoms with E-state index in [1.165, 1.54) is 0 Å². The number of amides is 3. The predicted molar refractivity (Wildman–Crippen MR) is 139 cm³/mol. The Hall–Kier alpha value is -2.19. The SMILES string of the molecule is C=CCN(CCC)C(=O)[C@@H]1[C@H]2C(=O)N([C@@H](CC)CO)C(C(=O)N(CC=C)C(C)C)C23CC(C)[C@@]1(C)O3. The summed E-state index contributed by atoms with van der Waals surface area (Å²) in [5, 5.41) is 10.2. The zero-order valence-corrected chi connectivity index (χ0v) is 22.9. The van der Waals surface area contributed by atoms with Crippen LogP contribution in [0.4, 0.5) is 0 Å². The van der Waals surface area contributed by atoms with Crippen molar-refractivity contribution in [3.63, 3.8) is 0 Å². The second-order valence-corrected chi connectivity index (χ2v) is 11.1. The third kappa shape index (κ3) is 4.10. The summed E-state index contributed by atoms with van der Waals surface area (Å²) >= 11 is 0. The van der Waals surface area contributed by atoms with Gasteiger partial charge in [0.15, 0.2) is 0 Å². The van der Waals surface area contributed by atoms with Crippen LogP contribution in [0.3, 0.4) is 0 Å². The number of aliphatic hydroxyl groups is 1. The van der Waals surface area contributed by atoms with Crippen LogP contribution in [0.25, 0.3) is 0 Å². The van der Waals surface area contributed by atoms with E-state index in [1.54, 1.807) is 26.9 Å². The summed E-state index contributed by atoms with van der Waals surface area (Å²) in [5.74, 6) is -2.11. The number of hydrogen-bond donors (Lipinski definition) is 1. The van der Waals surface area contributed by atoms with E-state index in [0.717, 1.165) is 6.42 Å². The van der Waals surface area contributed by atoms with E-state index in [9.17, 15) is 19.5 Å². The lowest BCUT2D eigenvalue weighted by atomic mass is 9.62. The van der Waals surface area contributed by atoms with E-state index in [-0.39, 0.29) is 36.3 Å². The molecule has 3 unspecified atom stereocenters. The highest BCUT2D eigenvalue weighted by atomic mass is 16.5. The van der Waals surface area contributed by atoms with Crippen LogP contribution in [0, 0.1) is 17.8 Å². The van der Waals surface area contributed by atoms with E-state index in [0.29, 0.717) is 32.5 Å². The van der Waals surface area contributed by atoms with Gasteiger partial charge in [0.2, 0.25) is 17.7 Å². The van der Waals surface area contributed by atoms with Gasteiger partial charge in [-0.3, -0.25) is 14.4 Å². The number of fused-ring (bicyclic) bond motifs is 1. The number of aliphatic hydroxyl groups excluding tert-OH is 1. The van der Waals surface area contributed by atoms with Crippen LogP contribution in [0.15, 0.2) is 25.3 Å². The lowest BCUT2D eigenvalue weighted by molar-refractivity contribution is -0.158. The van der Waals surface area contributed by atoms with Gasteiger partial charge in [0.25, 0.3) is 0 Å². The molecule has 0 aromatic carbocycles. The van der Waals surface area contributed by atoms with Crippen LogP contribution in [0.2, 0.25) is 0 Å². The number of ether oxygens (including phenoxy) is 1. The van der Waals surface area contributed by atoms with E-state index < -0.39 is 35.1 Å². The highest BCUT2D eigenvalue weighted by Gasteiger charge is 2.80. The van der Waals surface area contributed by atoms with Crippen molar-refractivity contribution in [3.05, 3.63) is 25.3 Å². The largest absolute Gasteiger partial charge is 0.394 e. The van der Waals surface area contributed by atoms with Crippen LogP contribution in [0.5, 0.6) is 0 Å². The molecule has 8 heteroatoms. The van der Waals surface area contributed by atoms with Crippen molar-refractivity contribution in [2.24, 2.45) is 17.8 Å². The fourth-order valence-corrected chi connectivity index (χ4v) is 6.90. The Labute approximate surface area is 216 Å². The number of carbonyl (C=O) groups is 3. The molecule has 3 heterocycles. The molecule has 3 rings (SSSR count). The second kappa shape index (κ2) is 10.7. The third-order valence-electron chi connectivity index (χ3n) is 8.71. The molecule has 1 N–H and O–H groups in total. The lowest BCUT2D eigenvalue weighted by Crippen LogP contribution is -2.59. The number of carbonyl (C=O) groups excluding carboxylic acids is 3. The fourth-order valence-electron chi connectivity index (χ4n) is 6.90. The van der Waals surface area contributed by atoms with Crippen molar-refractivity contribution in [3.8, 4) is 0 Å². The molecule has 7 atom stereocenters. The van der Waals surface area contributed by atoms with Gasteiger partial charge < -0.3 is 24.5 Å². The van der Waals surface area contributed by atoms with Crippen molar-refractivity contribution in [2.75, 3.05) is 26.2 Å². The Morgan fingerprint density at radius 3 is 2.36 bits per heavy atom. The maximum absolute atomic E-state index is 14.3. The Morgan fingerprint density at radius 1 is 1.22 bits per heavy atom. The number of hydrogen-bond acceptors (Lipinski definition) is 5. The molecular formula is C28H45N3O5. The molecule has 2 bridgehead atoms. The zero-order valence-electron chi connectivity index (χ0n) is 22.9. The molecule has 3 amide bonds. The van der Waals surface area contributed by atoms with E-state index in [2.05, 4.69) is 13.2 Å². The Morgan fingerprint density at radius 2 is 1.86 bits per heavy atom. The van der Waals surface area contributed by atoms with E-state index in [1.807, 2.05) is 41.5 Å². The van der Waals surface area contributed by atoms with Gasteiger partial charge >= 0.3 is 0 Å². The normalized spacial score (nSPS) is 33.6. The number of likely N-dealkylation sites (tertiary alicyclic amines) is 1. The summed E-state index contributed by atoms with van der Waals surface area (Å²) < 4.78 is 6.81. The molecule has 0 aromatic heterocycles. The summed E-state index contributed by atoms with van der Waals surface area (Å²) in [6.07, 6.45) is 5.16. The van der Waals surface area contributed by atoms with Crippen LogP contribution in [0.1, 0.15) is 60.8 Å². The molecule has 0 saturated carbocycles. The van der Waals surface area contributed by atoms with Gasteiger partial charge in [0.1, 0.15) is 11.6 Å². The topological polar surface area (TPSA) is 90.4 Å². The van der Waals surface area contributed by atoms with Gasteiger partial charge in [-0.25, -0.2) is 0 Å². The van der Waals surface area contributed by atoms with Crippen LogP contribution < -0.4 is 0 Å². The van der Waals surface area contributed by atoms with E-state index in [4.69, 9.17) is 4.74 Å². The first-order valence-electron chi connectivity index (χ1n) is 13.4. The first-order chi connectivity index (χ1) is 17.0. The molecule has 0 aliphatic carbocycles. The molecule has 1 spiro atoms. The van der Waals surface area contributed by atoms with Gasteiger partial charge in [-0.15, -0.1) is 13.2 Å². The third-order valence-corrected chi connectivity index (χ3v) is 8.71. The maximum atomic E-state index is 14.3. The highest BCUT2D eigenvalue weighted by molar-refractivity contribution is 5.99. The quantitative estimate of drug-likeness (QED) is 0.414. The van der Waals surface area contributed by atoms with Crippen LogP contribution in [-0.2, 0) is 19.1 Å². The summed E-state index contributed by atoms with van der Waals surface area (Å²) in [4.78, 5) is 47.6. The standard InChI is InChI=1S/C28H45N3O5/c1-9-13-29(14-10-2)24(33)21-22-25(34)31(20(12-4)17-32)23(26(35)30(15-11-3)18(5)6)28(22)16-19(7)27(21,8)36-28/h9,11,18-23,32H,1,3,10,12-17H2,2,4-8H3/t19?,20-,21-,22-,23?,27+,28?/m0/s1. The monoisotopic (exact) mass is 503 g/mol. The average molecular weight is 504 g/mol. The average Bonchev–Trinajstić information content (AvgIpc) is 3.34. The van der Waals surface area contributed by atoms with Gasteiger partial charge in [-0.2, -0.15) is 0 Å². The second-order valence-electron chi connectivity index (χ2n) is 11.1. The zero-order chi connectivity index (χ0) is 27.0. The number of rotatable bonds is 12. The lowest BCUT2D eigenvalue weighted by Gasteiger charge is -2.40. The minimum atomic E-state index is -1.12. The van der Waals surface area contributed by atoms with Crippen LogP contribution >= 0.6 is 0 Å². The molecular weight excluding hydrogens is 458 g/mol. The van der Waals surface area contributed by atoms with Gasteiger partial charge in [0.05, 0.1) is 30.1 Å². The molecule has 8 nitrogen and oxygen atoms in total. The molecule has 3 aliphatic rings. The van der Waals surface area contributed by atoms with Crippen molar-refractivity contribution in [1.29, 1.82) is 0 Å². The van der Waals surface area contributed by atoms with Crippen LogP contribution in [-0.4, -0.2) is 93.1 Å². The summed E-state index contributed by atoms with van der Waals surface area (Å²) in [6, 6.07) is -1.56. The van der Waals surface area contributed by atoms with Crippen molar-refractivity contribution in [2.45, 2.75) is 90.1 Å². The highest BCUT2D eigenvalue weighted by Crippen LogP contribution is 2.65. The minimum Gasteiger partial charge on any atom is -0.394 e. The van der Waals surface area contributed by atoms with Gasteiger partial charge in [0, 0.05) is 25.7 Å². The molecule has 0 aromatic rings. The maximum Gasteiger partial charge on any atom is 0.248 e. The molecule has 36 heavy (non-hydrogen) atoms. The Balaban J connectivity index is 2.19. The molecule has 202 valence electrons. The predicted octanol–water partition coefficient (Wildman–Crippen LogP) is 2.62. The minimum absolute atomic E-state index is 0.0286. The Bertz CT molecular complexity index is 886. The fraction of sp³-hybridized carbons (Fsp3) is 0.750. The molecule has 3 fully saturated rings. The summed E-state index contributed by atoms with van der Waals surface area (Å²) in [6.45, 7) is 20.4. The first-order valence-corrected chi connectivity index (χ1v) is 13.4. The van der Waals surface area contributed by atoms with Gasteiger partial charge in [-0.1, -0.05) is 32.9 Å². The molecule has 3 aliphatic heterocycles. The van der Waals surface area contributed by atoms with Gasteiger partial charge in [-0.05, 0) is 46.0 Å². The smallest absolute Gasteiger partial charge is 0.248 e. The molecule has 3 saturated heterocycles. The summed E-state index contributed by atoms with van der Waals surface area (Å²) in [5.41, 5.74) is -1.98. The first kappa shape index (κ1) is 28.4. The van der Waals surface area contributed by atoms with Crippen molar-refractivity contribution in [1.82, 2.24) is 14.7 Å². The Kier molecular flexibility index (Phi) is 8.40. The van der Waals surface area contributed by atoms with E-state index >= 15 is 0 Å². The molecule has 0 radical (unpaired) electrons. The van der Waals surface area contributed by atoms with Crippen molar-refractivity contribution < 1.29 is 24.2 Å². The summed E-state index contributed by atoms with van der Waals surface area (Å²) in [7, 11) is 0. The number of nitrogens with zero attached hydrogens (tertiary/aromatic N) is 3. The van der Waals surface area contributed by atoms with Crippen molar-refractivity contribution >= 4 is 17.7 Å².